The molecule has 3 aliphatic rings. The molecule has 2 bridgehead atoms. The van der Waals surface area contributed by atoms with E-state index in [1.165, 1.54) is 0 Å². The van der Waals surface area contributed by atoms with Gasteiger partial charge in [0.2, 0.25) is 0 Å². The van der Waals surface area contributed by atoms with Crippen LogP contribution in [0.1, 0.15) is 6.42 Å². The number of fused-ring (bicyclic) bond motifs is 1. The van der Waals surface area contributed by atoms with Crippen molar-refractivity contribution in [2.24, 2.45) is 0 Å². The maximum atomic E-state index is 5.08. The molecule has 0 spiro atoms. The summed E-state index contributed by atoms with van der Waals surface area (Å²) in [5, 5.41) is 3.14. The van der Waals surface area contributed by atoms with Crippen LogP contribution in [-0.4, -0.2) is 12.5 Å². The Bertz CT molecular complexity index is 54.4. The number of hydrogen-bond donors (Lipinski definition) is 1. The third-order valence-electron chi connectivity index (χ3n) is 1.23. The first-order valence-electron chi connectivity index (χ1n) is 2.20. The summed E-state index contributed by atoms with van der Waals surface area (Å²) in [6.07, 6.45) is 3.94. The Kier molecular flexibility index (Phi) is 0.383. The first-order chi connectivity index (χ1) is 2.95. The summed E-state index contributed by atoms with van der Waals surface area (Å²) in [6, 6.07) is 0. The van der Waals surface area contributed by atoms with Crippen molar-refractivity contribution in [3.8, 4) is 0 Å². The number of ether oxygens (including phenoxy) is 1. The van der Waals surface area contributed by atoms with Crippen LogP contribution in [0.5, 0.6) is 0 Å². The lowest BCUT2D eigenvalue weighted by Gasteiger charge is -2.25. The summed E-state index contributed by atoms with van der Waals surface area (Å²) >= 11 is 0. The Labute approximate surface area is 36.5 Å². The van der Waals surface area contributed by atoms with Crippen LogP contribution >= 0.6 is 0 Å². The van der Waals surface area contributed by atoms with Gasteiger partial charge in [0.25, 0.3) is 0 Å². The van der Waals surface area contributed by atoms with Gasteiger partial charge in [-0.05, 0) is 6.42 Å². The minimum Gasteiger partial charge on any atom is -0.345 e. The molecule has 1 radical (unpaired) electrons. The standard InChI is InChI=1S/C4H6NO/c1-2-4-5-3(1)6-4/h1,3-5H,2H2. The van der Waals surface area contributed by atoms with Crippen LogP contribution in [0.4, 0.5) is 0 Å². The van der Waals surface area contributed by atoms with E-state index in [0.717, 1.165) is 6.42 Å². The van der Waals surface area contributed by atoms with Gasteiger partial charge in [0.1, 0.15) is 12.5 Å². The molecule has 1 N–H and O–H groups in total. The van der Waals surface area contributed by atoms with Crippen LogP contribution in [0.25, 0.3) is 0 Å². The van der Waals surface area contributed by atoms with Crippen molar-refractivity contribution < 1.29 is 4.74 Å². The van der Waals surface area contributed by atoms with Gasteiger partial charge >= 0.3 is 0 Å². The maximum absolute atomic E-state index is 5.08. The lowest BCUT2D eigenvalue weighted by Crippen LogP contribution is -2.46. The Balaban J connectivity index is 2.16. The Morgan fingerprint density at radius 1 is 1.83 bits per heavy atom. The van der Waals surface area contributed by atoms with Gasteiger partial charge in [0.05, 0.1) is 0 Å². The SMILES string of the molecule is [CH]1CC2NC1O2. The molecule has 0 aromatic heterocycles. The van der Waals surface area contributed by atoms with Crippen LogP contribution < -0.4 is 5.32 Å². The summed E-state index contributed by atoms with van der Waals surface area (Å²) in [5.41, 5.74) is 0. The molecular weight excluding hydrogens is 78.0 g/mol. The van der Waals surface area contributed by atoms with Gasteiger partial charge in [-0.3, -0.25) is 5.32 Å². The van der Waals surface area contributed by atoms with Gasteiger partial charge in [-0.2, -0.15) is 0 Å². The number of hydrogen-bond acceptors (Lipinski definition) is 2. The van der Waals surface area contributed by atoms with Crippen molar-refractivity contribution in [1.29, 1.82) is 0 Å². The molecule has 2 heteroatoms. The fraction of sp³-hybridized carbons (Fsp3) is 0.750. The van der Waals surface area contributed by atoms with E-state index in [1.54, 1.807) is 0 Å². The van der Waals surface area contributed by atoms with E-state index in [1.807, 2.05) is 0 Å². The van der Waals surface area contributed by atoms with Gasteiger partial charge in [0, 0.05) is 6.42 Å². The van der Waals surface area contributed by atoms with Crippen molar-refractivity contribution in [3.63, 3.8) is 0 Å². The van der Waals surface area contributed by atoms with Gasteiger partial charge in [-0.15, -0.1) is 0 Å². The third-order valence-corrected chi connectivity index (χ3v) is 1.23. The van der Waals surface area contributed by atoms with Crippen LogP contribution in [0.3, 0.4) is 0 Å². The smallest absolute Gasteiger partial charge is 0.115 e. The second-order valence-corrected chi connectivity index (χ2v) is 1.68. The van der Waals surface area contributed by atoms with E-state index < -0.39 is 0 Å². The van der Waals surface area contributed by atoms with E-state index in [2.05, 4.69) is 11.7 Å². The minimum atomic E-state index is 0.315. The average Bonchev–Trinajstić information content (AvgIpc) is 1.72. The fourth-order valence-electron chi connectivity index (χ4n) is 0.861. The highest BCUT2D eigenvalue weighted by Gasteiger charge is 2.36. The number of nitrogens with one attached hydrogen (secondary N) is 1. The van der Waals surface area contributed by atoms with E-state index in [4.69, 9.17) is 4.74 Å². The lowest BCUT2D eigenvalue weighted by molar-refractivity contribution is -0.0967. The quantitative estimate of drug-likeness (QED) is 0.441. The zero-order valence-electron chi connectivity index (χ0n) is 3.35. The van der Waals surface area contributed by atoms with Crippen molar-refractivity contribution in [2.45, 2.75) is 18.9 Å². The van der Waals surface area contributed by atoms with Gasteiger partial charge in [0.15, 0.2) is 0 Å². The molecule has 3 saturated heterocycles. The molecule has 2 nitrogen and oxygen atoms in total. The average molecular weight is 84.1 g/mol. The van der Waals surface area contributed by atoms with E-state index in [9.17, 15) is 0 Å². The Hall–Kier alpha value is -0.0800. The van der Waals surface area contributed by atoms with Gasteiger partial charge < -0.3 is 4.74 Å². The van der Waals surface area contributed by atoms with Crippen LogP contribution in [0, 0.1) is 6.42 Å². The summed E-state index contributed by atoms with van der Waals surface area (Å²) in [5.74, 6) is 0. The molecule has 2 atom stereocenters. The maximum Gasteiger partial charge on any atom is 0.115 e. The highest BCUT2D eigenvalue weighted by molar-refractivity contribution is 4.95. The molecule has 33 valence electrons. The molecule has 0 aromatic rings. The van der Waals surface area contributed by atoms with Crippen molar-refractivity contribution in [3.05, 3.63) is 6.42 Å². The molecule has 3 rings (SSSR count). The molecule has 0 aliphatic carbocycles. The van der Waals surface area contributed by atoms with E-state index in [-0.39, 0.29) is 0 Å². The lowest BCUT2D eigenvalue weighted by atomic mass is 10.4. The van der Waals surface area contributed by atoms with Crippen molar-refractivity contribution >= 4 is 0 Å². The third kappa shape index (κ3) is 0.200. The normalized spacial score (nSPS) is 52.0. The molecule has 0 amide bonds. The summed E-state index contributed by atoms with van der Waals surface area (Å²) < 4.78 is 5.08. The molecule has 3 heterocycles. The molecule has 6 heavy (non-hydrogen) atoms. The summed E-state index contributed by atoms with van der Waals surface area (Å²) in [6.45, 7) is 0. The van der Waals surface area contributed by atoms with Crippen LogP contribution in [0.2, 0.25) is 0 Å². The zero-order chi connectivity index (χ0) is 3.98. The van der Waals surface area contributed by atoms with Crippen molar-refractivity contribution in [1.82, 2.24) is 5.32 Å². The second kappa shape index (κ2) is 0.768. The fourth-order valence-corrected chi connectivity index (χ4v) is 0.861. The molecule has 3 aliphatic heterocycles. The molecule has 2 unspecified atom stereocenters. The monoisotopic (exact) mass is 84.0 g/mol. The predicted molar refractivity (Wildman–Crippen MR) is 20.7 cm³/mol. The zero-order valence-corrected chi connectivity index (χ0v) is 3.35. The topological polar surface area (TPSA) is 21.3 Å². The molecule has 0 aromatic carbocycles. The second-order valence-electron chi connectivity index (χ2n) is 1.68. The summed E-state index contributed by atoms with van der Waals surface area (Å²) in [4.78, 5) is 0. The minimum absolute atomic E-state index is 0.315. The highest BCUT2D eigenvalue weighted by Crippen LogP contribution is 2.24. The van der Waals surface area contributed by atoms with Crippen molar-refractivity contribution in [2.75, 3.05) is 0 Å². The Morgan fingerprint density at radius 3 is 2.83 bits per heavy atom. The van der Waals surface area contributed by atoms with E-state index in [0.29, 0.717) is 12.5 Å². The molecule has 0 saturated carbocycles. The summed E-state index contributed by atoms with van der Waals surface area (Å²) in [7, 11) is 0. The first kappa shape index (κ1) is 2.99. The van der Waals surface area contributed by atoms with E-state index >= 15 is 0 Å². The van der Waals surface area contributed by atoms with Gasteiger partial charge in [-0.1, -0.05) is 0 Å². The largest absolute Gasteiger partial charge is 0.345 e. The van der Waals surface area contributed by atoms with Gasteiger partial charge in [-0.25, -0.2) is 0 Å². The molecular formula is C4H6NO. The highest BCUT2D eigenvalue weighted by atomic mass is 16.6. The van der Waals surface area contributed by atoms with Crippen LogP contribution in [0.15, 0.2) is 0 Å². The van der Waals surface area contributed by atoms with Crippen LogP contribution in [-0.2, 0) is 4.74 Å². The first-order valence-corrected chi connectivity index (χ1v) is 2.20. The number of rotatable bonds is 0. The Morgan fingerprint density at radius 2 is 2.67 bits per heavy atom. The molecule has 3 fully saturated rings. The predicted octanol–water partition coefficient (Wildman–Crippen LogP) is -0.134.